The van der Waals surface area contributed by atoms with Crippen molar-refractivity contribution in [2.75, 3.05) is 7.11 Å². The summed E-state index contributed by atoms with van der Waals surface area (Å²) in [6.07, 6.45) is 1.02. The molecule has 0 fully saturated rings. The Morgan fingerprint density at radius 1 is 1.23 bits per heavy atom. The first-order valence-electron chi connectivity index (χ1n) is 7.25. The number of nitrogens with two attached hydrogens (primary N) is 1. The van der Waals surface area contributed by atoms with Crippen molar-refractivity contribution < 1.29 is 4.74 Å². The number of hydrogen-bond donors (Lipinski definition) is 2. The summed E-state index contributed by atoms with van der Waals surface area (Å²) in [6, 6.07) is 12.7. The van der Waals surface area contributed by atoms with Gasteiger partial charge >= 0.3 is 0 Å². The number of methoxy groups -OCH3 is 1. The second kappa shape index (κ2) is 8.82. The molecular weight excluding hydrogens is 389 g/mol. The normalized spacial score (nSPS) is 12.6. The van der Waals surface area contributed by atoms with Crippen molar-refractivity contribution in [3.63, 3.8) is 0 Å². The minimum absolute atomic E-state index is 0. The molecule has 0 aliphatic heterocycles. The van der Waals surface area contributed by atoms with Crippen LogP contribution in [0.15, 0.2) is 41.4 Å². The van der Waals surface area contributed by atoms with Gasteiger partial charge in [0.25, 0.3) is 0 Å². The summed E-state index contributed by atoms with van der Waals surface area (Å²) < 4.78 is 5.23. The number of fused-ring (bicyclic) bond motifs is 1. The molecule has 0 amide bonds. The van der Waals surface area contributed by atoms with Crippen LogP contribution in [0.25, 0.3) is 10.8 Å². The molecule has 120 valence electrons. The van der Waals surface area contributed by atoms with Crippen LogP contribution >= 0.6 is 24.0 Å². The van der Waals surface area contributed by atoms with Crippen molar-refractivity contribution in [3.8, 4) is 5.75 Å². The Kier molecular flexibility index (Phi) is 7.44. The highest BCUT2D eigenvalue weighted by molar-refractivity contribution is 14.0. The maximum atomic E-state index is 5.87. The van der Waals surface area contributed by atoms with Crippen LogP contribution in [0.1, 0.15) is 25.8 Å². The Labute approximate surface area is 149 Å². The SMILES string of the molecule is CCC(C)NC(N)=NCc1ccc2cc(OC)ccc2c1.I. The molecule has 0 aliphatic rings. The van der Waals surface area contributed by atoms with Gasteiger partial charge in [0.1, 0.15) is 5.75 Å². The first kappa shape index (κ1) is 18.5. The molecular formula is C17H24IN3O. The van der Waals surface area contributed by atoms with Gasteiger partial charge in [0.05, 0.1) is 13.7 Å². The van der Waals surface area contributed by atoms with Crippen LogP contribution in [0.4, 0.5) is 0 Å². The molecule has 3 N–H and O–H groups in total. The lowest BCUT2D eigenvalue weighted by Gasteiger charge is -2.11. The summed E-state index contributed by atoms with van der Waals surface area (Å²) in [5.74, 6) is 1.37. The third-order valence-corrected chi connectivity index (χ3v) is 3.55. The van der Waals surface area contributed by atoms with E-state index in [1.165, 1.54) is 5.39 Å². The molecule has 0 saturated heterocycles. The number of benzene rings is 2. The Morgan fingerprint density at radius 3 is 2.59 bits per heavy atom. The lowest BCUT2D eigenvalue weighted by atomic mass is 10.1. The topological polar surface area (TPSA) is 59.6 Å². The monoisotopic (exact) mass is 413 g/mol. The van der Waals surface area contributed by atoms with Crippen molar-refractivity contribution in [2.24, 2.45) is 10.7 Å². The molecule has 2 rings (SSSR count). The van der Waals surface area contributed by atoms with Crippen LogP contribution < -0.4 is 15.8 Å². The fourth-order valence-corrected chi connectivity index (χ4v) is 2.08. The van der Waals surface area contributed by atoms with Crippen LogP contribution in [0, 0.1) is 0 Å². The van der Waals surface area contributed by atoms with Gasteiger partial charge in [-0.3, -0.25) is 0 Å². The molecule has 2 aromatic carbocycles. The standard InChI is InChI=1S/C17H23N3O.HI/c1-4-12(2)20-17(18)19-11-13-5-6-15-10-16(21-3)8-7-14(15)9-13;/h5-10,12H,4,11H2,1-3H3,(H3,18,19,20);1H. The Morgan fingerprint density at radius 2 is 1.91 bits per heavy atom. The molecule has 0 spiro atoms. The van der Waals surface area contributed by atoms with Crippen LogP contribution in [-0.4, -0.2) is 19.1 Å². The molecule has 4 nitrogen and oxygen atoms in total. The van der Waals surface area contributed by atoms with Crippen LogP contribution in [0.2, 0.25) is 0 Å². The second-order valence-electron chi connectivity index (χ2n) is 5.20. The number of nitrogens with one attached hydrogen (secondary N) is 1. The number of nitrogens with zero attached hydrogens (tertiary/aromatic N) is 1. The van der Waals surface area contributed by atoms with E-state index in [9.17, 15) is 0 Å². The number of aliphatic imine (C=N–C) groups is 1. The summed E-state index contributed by atoms with van der Waals surface area (Å²) in [4.78, 5) is 4.38. The molecule has 0 saturated carbocycles. The number of hydrogen-bond acceptors (Lipinski definition) is 2. The van der Waals surface area contributed by atoms with E-state index in [2.05, 4.69) is 48.4 Å². The van der Waals surface area contributed by atoms with E-state index < -0.39 is 0 Å². The molecule has 0 bridgehead atoms. The van der Waals surface area contributed by atoms with Crippen molar-refractivity contribution in [2.45, 2.75) is 32.9 Å². The Balaban J connectivity index is 0.00000242. The minimum Gasteiger partial charge on any atom is -0.497 e. The van der Waals surface area contributed by atoms with Gasteiger partial charge in [-0.25, -0.2) is 4.99 Å². The average Bonchev–Trinajstić information content (AvgIpc) is 2.52. The maximum Gasteiger partial charge on any atom is 0.189 e. The van der Waals surface area contributed by atoms with Gasteiger partial charge in [0, 0.05) is 6.04 Å². The summed E-state index contributed by atoms with van der Waals surface area (Å²) in [7, 11) is 1.68. The zero-order valence-electron chi connectivity index (χ0n) is 13.3. The van der Waals surface area contributed by atoms with Gasteiger partial charge in [0.2, 0.25) is 0 Å². The summed E-state index contributed by atoms with van der Waals surface area (Å²) in [6.45, 7) is 4.78. The zero-order valence-corrected chi connectivity index (χ0v) is 15.6. The van der Waals surface area contributed by atoms with E-state index in [0.29, 0.717) is 18.5 Å². The highest BCUT2D eigenvalue weighted by Gasteiger charge is 2.01. The predicted octanol–water partition coefficient (Wildman–Crippen LogP) is 3.67. The first-order chi connectivity index (χ1) is 10.1. The van der Waals surface area contributed by atoms with E-state index >= 15 is 0 Å². The largest absolute Gasteiger partial charge is 0.497 e. The molecule has 5 heteroatoms. The van der Waals surface area contributed by atoms with Crippen molar-refractivity contribution in [1.29, 1.82) is 0 Å². The predicted molar refractivity (Wildman–Crippen MR) is 104 cm³/mol. The summed E-state index contributed by atoms with van der Waals surface area (Å²) in [5.41, 5.74) is 7.01. The lowest BCUT2D eigenvalue weighted by Crippen LogP contribution is -2.38. The van der Waals surface area contributed by atoms with E-state index in [1.54, 1.807) is 7.11 Å². The smallest absolute Gasteiger partial charge is 0.189 e. The van der Waals surface area contributed by atoms with E-state index in [-0.39, 0.29) is 24.0 Å². The van der Waals surface area contributed by atoms with Crippen LogP contribution in [0.5, 0.6) is 5.75 Å². The average molecular weight is 413 g/mol. The Bertz CT molecular complexity index is 643. The van der Waals surface area contributed by atoms with Crippen molar-refractivity contribution >= 4 is 40.7 Å². The number of ether oxygens (including phenoxy) is 1. The van der Waals surface area contributed by atoms with Gasteiger partial charge in [-0.15, -0.1) is 24.0 Å². The van der Waals surface area contributed by atoms with Gasteiger partial charge in [-0.1, -0.05) is 25.1 Å². The molecule has 1 unspecified atom stereocenters. The first-order valence-corrected chi connectivity index (χ1v) is 7.25. The Hall–Kier alpha value is -1.50. The molecule has 0 heterocycles. The summed E-state index contributed by atoms with van der Waals surface area (Å²) >= 11 is 0. The minimum atomic E-state index is 0. The second-order valence-corrected chi connectivity index (χ2v) is 5.20. The molecule has 0 aromatic heterocycles. The lowest BCUT2D eigenvalue weighted by molar-refractivity contribution is 0.415. The highest BCUT2D eigenvalue weighted by Crippen LogP contribution is 2.22. The van der Waals surface area contributed by atoms with Gasteiger partial charge in [-0.05, 0) is 47.9 Å². The highest BCUT2D eigenvalue weighted by atomic mass is 127. The van der Waals surface area contributed by atoms with Gasteiger partial charge in [-0.2, -0.15) is 0 Å². The molecule has 0 radical (unpaired) electrons. The van der Waals surface area contributed by atoms with Crippen molar-refractivity contribution in [3.05, 3.63) is 42.0 Å². The summed E-state index contributed by atoms with van der Waals surface area (Å²) in [5, 5.41) is 5.50. The fraction of sp³-hybridized carbons (Fsp3) is 0.353. The number of guanidine groups is 1. The van der Waals surface area contributed by atoms with Crippen LogP contribution in [-0.2, 0) is 6.54 Å². The number of halogens is 1. The van der Waals surface area contributed by atoms with Crippen molar-refractivity contribution in [1.82, 2.24) is 5.32 Å². The molecule has 22 heavy (non-hydrogen) atoms. The molecule has 1 atom stereocenters. The third kappa shape index (κ3) is 5.05. The quantitative estimate of drug-likeness (QED) is 0.447. The van der Waals surface area contributed by atoms with Crippen LogP contribution in [0.3, 0.4) is 0 Å². The van der Waals surface area contributed by atoms with Gasteiger partial charge < -0.3 is 15.8 Å². The van der Waals surface area contributed by atoms with E-state index in [1.807, 2.05) is 12.1 Å². The van der Waals surface area contributed by atoms with E-state index in [4.69, 9.17) is 10.5 Å². The number of rotatable bonds is 5. The maximum absolute atomic E-state index is 5.87. The van der Waals surface area contributed by atoms with E-state index in [0.717, 1.165) is 23.1 Å². The van der Waals surface area contributed by atoms with Gasteiger partial charge in [0.15, 0.2) is 5.96 Å². The molecule has 0 aliphatic carbocycles. The zero-order chi connectivity index (χ0) is 15.2. The molecule has 2 aromatic rings. The third-order valence-electron chi connectivity index (χ3n) is 3.55. The fourth-order valence-electron chi connectivity index (χ4n) is 2.08.